The van der Waals surface area contributed by atoms with E-state index < -0.39 is 6.03 Å². The number of amides is 2. The van der Waals surface area contributed by atoms with Gasteiger partial charge < -0.3 is 23.7 Å². The van der Waals surface area contributed by atoms with Crippen molar-refractivity contribution in [1.82, 2.24) is 19.4 Å². The van der Waals surface area contributed by atoms with Gasteiger partial charge in [-0.05, 0) is 42.3 Å². The summed E-state index contributed by atoms with van der Waals surface area (Å²) >= 11 is 0. The van der Waals surface area contributed by atoms with Crippen molar-refractivity contribution in [2.24, 2.45) is 0 Å². The fourth-order valence-electron chi connectivity index (χ4n) is 3.98. The van der Waals surface area contributed by atoms with Gasteiger partial charge in [0.25, 0.3) is 0 Å². The molecule has 202 valence electrons. The van der Waals surface area contributed by atoms with E-state index in [1.807, 2.05) is 61.7 Å². The van der Waals surface area contributed by atoms with Crippen LogP contribution in [0.2, 0.25) is 0 Å². The Balaban J connectivity index is 1.15. The average molecular weight is 529 g/mol. The van der Waals surface area contributed by atoms with Crippen LogP contribution in [-0.2, 0) is 10.2 Å². The maximum absolute atomic E-state index is 12.4. The lowest BCUT2D eigenvalue weighted by molar-refractivity contribution is 0.0322. The molecule has 5 rings (SSSR count). The molecule has 1 aliphatic heterocycles. The monoisotopic (exact) mass is 528 g/mol. The van der Waals surface area contributed by atoms with Gasteiger partial charge >= 0.3 is 6.03 Å². The van der Waals surface area contributed by atoms with Crippen molar-refractivity contribution in [3.05, 3.63) is 71.9 Å². The minimum atomic E-state index is -0.420. The largest absolute Gasteiger partial charge is 0.492 e. The normalized spacial score (nSPS) is 14.0. The number of imidazole rings is 1. The van der Waals surface area contributed by atoms with Crippen LogP contribution in [0, 0.1) is 11.8 Å². The molecule has 0 unspecified atom stereocenters. The van der Waals surface area contributed by atoms with Crippen LogP contribution in [0.3, 0.4) is 0 Å². The molecular weight excluding hydrogens is 496 g/mol. The van der Waals surface area contributed by atoms with Crippen molar-refractivity contribution in [1.29, 1.82) is 0 Å². The number of morpholine rings is 1. The molecule has 0 atom stereocenters. The number of benzene rings is 1. The molecule has 10 nitrogen and oxygen atoms in total. The second-order valence-electron chi connectivity index (χ2n) is 10.3. The molecule has 0 bridgehead atoms. The molecule has 0 saturated carbocycles. The molecule has 3 aromatic heterocycles. The molecule has 1 aromatic carbocycles. The summed E-state index contributed by atoms with van der Waals surface area (Å²) in [6.45, 7) is 11.1. The molecule has 1 saturated heterocycles. The van der Waals surface area contributed by atoms with Crippen LogP contribution in [-0.4, -0.2) is 64.9 Å². The minimum Gasteiger partial charge on any atom is -0.492 e. The first-order chi connectivity index (χ1) is 18.8. The summed E-state index contributed by atoms with van der Waals surface area (Å²) in [6, 6.07) is 12.6. The van der Waals surface area contributed by atoms with E-state index in [2.05, 4.69) is 37.5 Å². The summed E-state index contributed by atoms with van der Waals surface area (Å²) in [4.78, 5) is 19.3. The number of ether oxygens (including phenoxy) is 2. The predicted octanol–water partition coefficient (Wildman–Crippen LogP) is 4.37. The van der Waals surface area contributed by atoms with Crippen LogP contribution in [0.25, 0.3) is 5.65 Å². The highest BCUT2D eigenvalue weighted by atomic mass is 16.5. The van der Waals surface area contributed by atoms with Gasteiger partial charge in [0.1, 0.15) is 29.5 Å². The Morgan fingerprint density at radius 1 is 1.05 bits per heavy atom. The maximum atomic E-state index is 12.4. The van der Waals surface area contributed by atoms with Gasteiger partial charge in [0.05, 0.1) is 18.9 Å². The fourth-order valence-corrected chi connectivity index (χ4v) is 3.98. The van der Waals surface area contributed by atoms with Gasteiger partial charge in [-0.1, -0.05) is 31.8 Å². The van der Waals surface area contributed by atoms with Crippen LogP contribution in [0.5, 0.6) is 5.75 Å². The lowest BCUT2D eigenvalue weighted by atomic mass is 9.93. The average Bonchev–Trinajstić information content (AvgIpc) is 3.55. The number of pyridine rings is 1. The first-order valence-corrected chi connectivity index (χ1v) is 12.9. The van der Waals surface area contributed by atoms with Gasteiger partial charge in [-0.25, -0.2) is 9.78 Å². The number of rotatable bonds is 6. The molecule has 4 aromatic rings. The van der Waals surface area contributed by atoms with Crippen molar-refractivity contribution in [2.75, 3.05) is 50.1 Å². The van der Waals surface area contributed by atoms with Crippen molar-refractivity contribution < 1.29 is 18.8 Å². The molecule has 10 heteroatoms. The van der Waals surface area contributed by atoms with E-state index in [0.717, 1.165) is 49.8 Å². The number of urea groups is 1. The van der Waals surface area contributed by atoms with Gasteiger partial charge in [-0.3, -0.25) is 10.2 Å². The second-order valence-corrected chi connectivity index (χ2v) is 10.3. The minimum absolute atomic E-state index is 0.197. The zero-order chi connectivity index (χ0) is 27.2. The lowest BCUT2D eigenvalue weighted by Crippen LogP contribution is -2.38. The summed E-state index contributed by atoms with van der Waals surface area (Å²) in [7, 11) is 0. The van der Waals surface area contributed by atoms with Gasteiger partial charge in [-0.2, -0.15) is 0 Å². The number of fused-ring (bicyclic) bond motifs is 1. The third-order valence-electron chi connectivity index (χ3n) is 6.17. The van der Waals surface area contributed by atoms with E-state index in [1.165, 1.54) is 0 Å². The third-order valence-corrected chi connectivity index (χ3v) is 6.17. The lowest BCUT2D eigenvalue weighted by Gasteiger charge is -2.26. The third kappa shape index (κ3) is 7.16. The van der Waals surface area contributed by atoms with E-state index in [0.29, 0.717) is 29.6 Å². The Morgan fingerprint density at radius 2 is 1.85 bits per heavy atom. The number of nitrogens with zero attached hydrogens (tertiary/aromatic N) is 4. The Kier molecular flexibility index (Phi) is 7.81. The fraction of sp³-hybridized carbons (Fsp3) is 0.345. The second kappa shape index (κ2) is 11.6. The molecule has 0 spiro atoms. The quantitative estimate of drug-likeness (QED) is 0.358. The number of anilines is 2. The van der Waals surface area contributed by atoms with Gasteiger partial charge in [0, 0.05) is 49.1 Å². The van der Waals surface area contributed by atoms with Crippen molar-refractivity contribution in [2.45, 2.75) is 26.2 Å². The van der Waals surface area contributed by atoms with Crippen LogP contribution in [0.15, 0.2) is 59.4 Å². The van der Waals surface area contributed by atoms with Crippen LogP contribution < -0.4 is 15.4 Å². The van der Waals surface area contributed by atoms with Crippen molar-refractivity contribution in [3.8, 4) is 17.6 Å². The molecule has 1 aliphatic rings. The molecule has 2 amide bonds. The Morgan fingerprint density at radius 3 is 2.59 bits per heavy atom. The molecule has 0 radical (unpaired) electrons. The molecule has 39 heavy (non-hydrogen) atoms. The molecule has 0 aliphatic carbocycles. The van der Waals surface area contributed by atoms with Crippen LogP contribution >= 0.6 is 0 Å². The van der Waals surface area contributed by atoms with Gasteiger partial charge in [0.2, 0.25) is 0 Å². The van der Waals surface area contributed by atoms with Crippen molar-refractivity contribution >= 4 is 23.2 Å². The molecule has 4 heterocycles. The maximum Gasteiger partial charge on any atom is 0.324 e. The summed E-state index contributed by atoms with van der Waals surface area (Å²) in [5.74, 6) is 8.11. The van der Waals surface area contributed by atoms with Crippen LogP contribution in [0.1, 0.15) is 37.8 Å². The zero-order valence-corrected chi connectivity index (χ0v) is 22.4. The number of aromatic nitrogens is 3. The SMILES string of the molecule is CC(C)(C)c1cc(NC(=O)Nc2ccc3nc(C#Cc4ccc(OCCN5CCOCC5)cc4)cn3c2)no1. The highest BCUT2D eigenvalue weighted by Crippen LogP contribution is 2.24. The van der Waals surface area contributed by atoms with E-state index in [4.69, 9.17) is 14.0 Å². The van der Waals surface area contributed by atoms with Crippen molar-refractivity contribution in [3.63, 3.8) is 0 Å². The molecular formula is C29H32N6O4. The number of hydrogen-bond acceptors (Lipinski definition) is 7. The first kappa shape index (κ1) is 26.3. The molecule has 1 fully saturated rings. The number of carbonyl (C=O) groups excluding carboxylic acids is 1. The van der Waals surface area contributed by atoms with E-state index in [9.17, 15) is 4.79 Å². The number of nitrogens with one attached hydrogen (secondary N) is 2. The van der Waals surface area contributed by atoms with Gasteiger partial charge in [0.15, 0.2) is 5.82 Å². The molecule has 2 N–H and O–H groups in total. The van der Waals surface area contributed by atoms with E-state index in [1.54, 1.807) is 18.3 Å². The standard InChI is InChI=1S/C29H32N6O4/c1-29(2,3)25-18-26(33-39-25)32-28(36)31-23-8-11-27-30-22(19-35(27)20-23)7-4-21-5-9-24(10-6-21)38-17-14-34-12-15-37-16-13-34/h5-6,8-11,18-20H,12-17H2,1-3H3,(H2,31,32,33,36). The highest BCUT2D eigenvalue weighted by Gasteiger charge is 2.20. The van der Waals surface area contributed by atoms with E-state index >= 15 is 0 Å². The summed E-state index contributed by atoms with van der Waals surface area (Å²) in [6.07, 6.45) is 3.60. The first-order valence-electron chi connectivity index (χ1n) is 12.9. The van der Waals surface area contributed by atoms with Gasteiger partial charge in [-0.15, -0.1) is 0 Å². The Bertz CT molecular complexity index is 1480. The zero-order valence-electron chi connectivity index (χ0n) is 22.4. The smallest absolute Gasteiger partial charge is 0.324 e. The Hall–Kier alpha value is -4.33. The van der Waals surface area contributed by atoms with Crippen LogP contribution in [0.4, 0.5) is 16.3 Å². The predicted molar refractivity (Wildman–Crippen MR) is 148 cm³/mol. The number of hydrogen-bond donors (Lipinski definition) is 2. The summed E-state index contributed by atoms with van der Waals surface area (Å²) in [5, 5.41) is 9.39. The number of carbonyl (C=O) groups is 1. The Labute approximate surface area is 227 Å². The van der Waals surface area contributed by atoms with E-state index in [-0.39, 0.29) is 5.41 Å². The summed E-state index contributed by atoms with van der Waals surface area (Å²) < 4.78 is 18.4. The summed E-state index contributed by atoms with van der Waals surface area (Å²) in [5.41, 5.74) is 2.62. The topological polar surface area (TPSA) is 106 Å². The highest BCUT2D eigenvalue weighted by molar-refractivity contribution is 5.99.